The number of hydrogen-bond acceptors (Lipinski definition) is 3. The Morgan fingerprint density at radius 3 is 2.62 bits per heavy atom. The molecule has 0 bridgehead atoms. The maximum absolute atomic E-state index is 12.1. The zero-order valence-electron chi connectivity index (χ0n) is 7.52. The molecular formula is C8H4ClF3INO2. The molecule has 0 aromatic carbocycles. The lowest BCUT2D eigenvalue weighted by Gasteiger charge is -2.13. The van der Waals surface area contributed by atoms with E-state index in [1.54, 1.807) is 22.6 Å². The third kappa shape index (κ3) is 3.21. The van der Waals surface area contributed by atoms with Gasteiger partial charge in [0, 0.05) is 11.8 Å². The van der Waals surface area contributed by atoms with Gasteiger partial charge in [-0.15, -0.1) is 24.8 Å². The minimum atomic E-state index is -4.84. The highest BCUT2D eigenvalue weighted by Gasteiger charge is 2.33. The molecule has 0 N–H and O–H groups in total. The van der Waals surface area contributed by atoms with E-state index in [2.05, 4.69) is 9.72 Å². The SMILES string of the molecule is O=Cc1cnc(CCl)c(OC(F)(F)F)c1I. The van der Waals surface area contributed by atoms with Crippen molar-refractivity contribution in [2.24, 2.45) is 0 Å². The van der Waals surface area contributed by atoms with Crippen molar-refractivity contribution in [2.75, 3.05) is 0 Å². The minimum absolute atomic E-state index is 0.0220. The summed E-state index contributed by atoms with van der Waals surface area (Å²) in [6.07, 6.45) is -3.30. The molecule has 0 unspecified atom stereocenters. The molecule has 0 aliphatic heterocycles. The summed E-state index contributed by atoms with van der Waals surface area (Å²) in [6, 6.07) is 0. The van der Waals surface area contributed by atoms with Crippen LogP contribution in [0.2, 0.25) is 0 Å². The summed E-state index contributed by atoms with van der Waals surface area (Å²) in [5, 5.41) is 0. The molecule has 0 fully saturated rings. The highest BCUT2D eigenvalue weighted by molar-refractivity contribution is 14.1. The predicted molar refractivity (Wildman–Crippen MR) is 58.6 cm³/mol. The molecule has 0 aliphatic carbocycles. The number of rotatable bonds is 3. The molecule has 0 spiro atoms. The Morgan fingerprint density at radius 1 is 1.56 bits per heavy atom. The van der Waals surface area contributed by atoms with Crippen molar-refractivity contribution in [1.82, 2.24) is 4.98 Å². The van der Waals surface area contributed by atoms with Gasteiger partial charge in [0.2, 0.25) is 0 Å². The molecule has 3 nitrogen and oxygen atoms in total. The molecule has 1 aromatic rings. The Hall–Kier alpha value is -0.570. The van der Waals surface area contributed by atoms with E-state index in [1.165, 1.54) is 0 Å². The van der Waals surface area contributed by atoms with E-state index in [1.807, 2.05) is 0 Å². The second-order valence-corrected chi connectivity index (χ2v) is 3.95. The largest absolute Gasteiger partial charge is 0.573 e. The monoisotopic (exact) mass is 365 g/mol. The summed E-state index contributed by atoms with van der Waals surface area (Å²) in [5.74, 6) is -0.756. The van der Waals surface area contributed by atoms with Crippen LogP contribution in [0.4, 0.5) is 13.2 Å². The number of aromatic nitrogens is 1. The fourth-order valence-corrected chi connectivity index (χ4v) is 1.80. The number of pyridine rings is 1. The lowest BCUT2D eigenvalue weighted by Crippen LogP contribution is -2.19. The molecule has 1 heterocycles. The fourth-order valence-electron chi connectivity index (χ4n) is 0.917. The number of alkyl halides is 4. The molecular weight excluding hydrogens is 361 g/mol. The molecule has 0 atom stereocenters. The van der Waals surface area contributed by atoms with Crippen LogP contribution < -0.4 is 4.74 Å². The van der Waals surface area contributed by atoms with Gasteiger partial charge in [0.05, 0.1) is 15.1 Å². The first-order valence-corrected chi connectivity index (χ1v) is 5.44. The molecule has 16 heavy (non-hydrogen) atoms. The van der Waals surface area contributed by atoms with E-state index in [4.69, 9.17) is 11.6 Å². The molecule has 0 radical (unpaired) electrons. The predicted octanol–water partition coefficient (Wildman–Crippen LogP) is 3.14. The van der Waals surface area contributed by atoms with Crippen molar-refractivity contribution in [1.29, 1.82) is 0 Å². The van der Waals surface area contributed by atoms with Gasteiger partial charge in [0.15, 0.2) is 12.0 Å². The normalized spacial score (nSPS) is 11.3. The van der Waals surface area contributed by atoms with E-state index in [0.717, 1.165) is 6.20 Å². The van der Waals surface area contributed by atoms with Gasteiger partial charge < -0.3 is 4.74 Å². The Labute approximate surface area is 107 Å². The van der Waals surface area contributed by atoms with Gasteiger partial charge in [0.25, 0.3) is 0 Å². The van der Waals surface area contributed by atoms with Gasteiger partial charge in [-0.25, -0.2) is 0 Å². The van der Waals surface area contributed by atoms with Crippen LogP contribution >= 0.6 is 34.2 Å². The van der Waals surface area contributed by atoms with Gasteiger partial charge >= 0.3 is 6.36 Å². The van der Waals surface area contributed by atoms with Crippen LogP contribution in [0.3, 0.4) is 0 Å². The first kappa shape index (κ1) is 13.5. The van der Waals surface area contributed by atoms with Gasteiger partial charge in [0.1, 0.15) is 0 Å². The summed E-state index contributed by atoms with van der Waals surface area (Å²) in [5.41, 5.74) is -0.0392. The Kier molecular flexibility index (Phi) is 4.36. The van der Waals surface area contributed by atoms with Crippen LogP contribution in [0.25, 0.3) is 0 Å². The molecule has 88 valence electrons. The molecule has 1 rings (SSSR count). The molecule has 0 saturated heterocycles. The van der Waals surface area contributed by atoms with Gasteiger partial charge in [-0.2, -0.15) is 0 Å². The summed E-state index contributed by atoms with van der Waals surface area (Å²) in [6.45, 7) is 0. The molecule has 0 amide bonds. The second kappa shape index (κ2) is 5.17. The van der Waals surface area contributed by atoms with Crippen LogP contribution in [0.15, 0.2) is 6.20 Å². The van der Waals surface area contributed by atoms with Crippen LogP contribution in [0, 0.1) is 3.57 Å². The summed E-state index contributed by atoms with van der Waals surface area (Å²) < 4.78 is 40.1. The second-order valence-electron chi connectivity index (χ2n) is 2.60. The standard InChI is InChI=1S/C8H4ClF3INO2/c9-1-5-7(16-8(10,11)12)6(13)4(3-15)2-14-5/h2-3H,1H2. The first-order valence-electron chi connectivity index (χ1n) is 3.83. The van der Waals surface area contributed by atoms with Crippen molar-refractivity contribution in [3.8, 4) is 5.75 Å². The highest BCUT2D eigenvalue weighted by Crippen LogP contribution is 2.32. The summed E-state index contributed by atoms with van der Waals surface area (Å²) in [7, 11) is 0. The Balaban J connectivity index is 3.26. The van der Waals surface area contributed by atoms with Crippen molar-refractivity contribution in [2.45, 2.75) is 12.2 Å². The van der Waals surface area contributed by atoms with E-state index >= 15 is 0 Å². The topological polar surface area (TPSA) is 39.2 Å². The van der Waals surface area contributed by atoms with Gasteiger partial charge in [-0.05, 0) is 22.6 Å². The maximum Gasteiger partial charge on any atom is 0.573 e. The van der Waals surface area contributed by atoms with Gasteiger partial charge in [-0.3, -0.25) is 9.78 Å². The van der Waals surface area contributed by atoms with E-state index < -0.39 is 12.1 Å². The van der Waals surface area contributed by atoms with Crippen molar-refractivity contribution >= 4 is 40.5 Å². The number of hydrogen-bond donors (Lipinski definition) is 0. The first-order chi connectivity index (χ1) is 7.39. The summed E-state index contributed by atoms with van der Waals surface area (Å²) >= 11 is 7.00. The zero-order valence-corrected chi connectivity index (χ0v) is 10.4. The average molecular weight is 365 g/mol. The van der Waals surface area contributed by atoms with Crippen molar-refractivity contribution in [3.63, 3.8) is 0 Å². The maximum atomic E-state index is 12.1. The Bertz CT molecular complexity index is 411. The molecule has 8 heteroatoms. The van der Waals surface area contributed by atoms with Crippen molar-refractivity contribution < 1.29 is 22.7 Å². The smallest absolute Gasteiger partial charge is 0.403 e. The van der Waals surface area contributed by atoms with Crippen LogP contribution in [-0.2, 0) is 5.88 Å². The third-order valence-corrected chi connectivity index (χ3v) is 2.91. The van der Waals surface area contributed by atoms with Gasteiger partial charge in [-0.1, -0.05) is 0 Å². The zero-order chi connectivity index (χ0) is 12.3. The fraction of sp³-hybridized carbons (Fsp3) is 0.250. The lowest BCUT2D eigenvalue weighted by atomic mass is 10.2. The number of nitrogens with zero attached hydrogens (tertiary/aromatic N) is 1. The minimum Gasteiger partial charge on any atom is -0.403 e. The van der Waals surface area contributed by atoms with E-state index in [0.29, 0.717) is 6.29 Å². The summed E-state index contributed by atoms with van der Waals surface area (Å²) in [4.78, 5) is 14.2. The molecule has 1 aromatic heterocycles. The number of carbonyl (C=O) groups excluding carboxylic acids is 1. The van der Waals surface area contributed by atoms with E-state index in [9.17, 15) is 18.0 Å². The number of aldehydes is 1. The third-order valence-electron chi connectivity index (χ3n) is 1.55. The molecule has 0 saturated carbocycles. The quantitative estimate of drug-likeness (QED) is 0.469. The van der Waals surface area contributed by atoms with E-state index in [-0.39, 0.29) is 20.7 Å². The highest BCUT2D eigenvalue weighted by atomic mass is 127. The average Bonchev–Trinajstić information content (AvgIpc) is 2.19. The number of carbonyl (C=O) groups is 1. The van der Waals surface area contributed by atoms with Crippen LogP contribution in [-0.4, -0.2) is 17.6 Å². The Morgan fingerprint density at radius 2 is 2.19 bits per heavy atom. The van der Waals surface area contributed by atoms with Crippen LogP contribution in [0.1, 0.15) is 16.1 Å². The number of halogens is 5. The van der Waals surface area contributed by atoms with Crippen molar-refractivity contribution in [3.05, 3.63) is 21.0 Å². The van der Waals surface area contributed by atoms with Crippen LogP contribution in [0.5, 0.6) is 5.75 Å². The lowest BCUT2D eigenvalue weighted by molar-refractivity contribution is -0.275. The number of ether oxygens (including phenoxy) is 1. The molecule has 0 aliphatic rings.